The van der Waals surface area contributed by atoms with Crippen LogP contribution in [-0.4, -0.2) is 72.4 Å². The van der Waals surface area contributed by atoms with Crippen molar-refractivity contribution in [3.05, 3.63) is 47.5 Å². The van der Waals surface area contributed by atoms with Gasteiger partial charge in [0.25, 0.3) is 0 Å². The molecule has 2 aromatic carbocycles. The van der Waals surface area contributed by atoms with Gasteiger partial charge in [-0.25, -0.2) is 4.79 Å². The number of rotatable bonds is 8. The summed E-state index contributed by atoms with van der Waals surface area (Å²) in [6.45, 7) is 4.11. The Morgan fingerprint density at radius 2 is 1.41 bits per heavy atom. The molecule has 7 N–H and O–H groups in total. The van der Waals surface area contributed by atoms with E-state index in [1.807, 2.05) is 0 Å². The van der Waals surface area contributed by atoms with Crippen LogP contribution in [0.25, 0.3) is 0 Å². The monoisotopic (exact) mass is 478 g/mol. The summed E-state index contributed by atoms with van der Waals surface area (Å²) in [5.41, 5.74) is 1.70. The molecule has 10 nitrogen and oxygen atoms in total. The number of aliphatic carboxylic acids is 1. The predicted octanol–water partition coefficient (Wildman–Crippen LogP) is 1.13. The second-order valence-electron chi connectivity index (χ2n) is 8.84. The Balaban J connectivity index is 1.64. The van der Waals surface area contributed by atoms with Crippen LogP contribution in [0, 0.1) is 11.8 Å². The van der Waals surface area contributed by atoms with E-state index in [0.717, 1.165) is 11.1 Å². The van der Waals surface area contributed by atoms with Gasteiger partial charge in [-0.3, -0.25) is 0 Å². The van der Waals surface area contributed by atoms with E-state index in [1.165, 1.54) is 24.3 Å². The summed E-state index contributed by atoms with van der Waals surface area (Å²) in [6.07, 6.45) is -7.49. The van der Waals surface area contributed by atoms with Crippen molar-refractivity contribution < 1.29 is 50.0 Å². The van der Waals surface area contributed by atoms with E-state index in [9.17, 15) is 35.4 Å². The van der Waals surface area contributed by atoms with Crippen LogP contribution in [0.3, 0.4) is 0 Å². The number of carboxylic acid groups (broad SMARTS) is 1. The molecule has 186 valence electrons. The van der Waals surface area contributed by atoms with E-state index >= 15 is 0 Å². The number of phenolic OH excluding ortho intramolecular Hbond substituents is 3. The first kappa shape index (κ1) is 25.6. The van der Waals surface area contributed by atoms with Crippen LogP contribution in [0.15, 0.2) is 36.4 Å². The lowest BCUT2D eigenvalue weighted by atomic mass is 9.85. The minimum absolute atomic E-state index is 0.0826. The third-order valence-corrected chi connectivity index (χ3v) is 6.21. The Hall–Kier alpha value is -3.05. The number of carboxylic acids is 1. The van der Waals surface area contributed by atoms with Crippen molar-refractivity contribution in [2.24, 2.45) is 11.8 Å². The predicted molar refractivity (Wildman–Crippen MR) is 119 cm³/mol. The molecule has 7 unspecified atom stereocenters. The number of aliphatic hydroxyl groups excluding tert-OH is 3. The highest BCUT2D eigenvalue weighted by atomic mass is 16.7. The molecular weight excluding hydrogens is 448 g/mol. The lowest BCUT2D eigenvalue weighted by Crippen LogP contribution is -2.61. The summed E-state index contributed by atoms with van der Waals surface area (Å²) in [5, 5.41) is 68.4. The highest BCUT2D eigenvalue weighted by molar-refractivity contribution is 5.73. The van der Waals surface area contributed by atoms with Gasteiger partial charge in [0.05, 0.1) is 0 Å². The molecule has 0 aromatic heterocycles. The van der Waals surface area contributed by atoms with Crippen LogP contribution >= 0.6 is 0 Å². The molecule has 1 saturated heterocycles. The number of hydrogen-bond donors (Lipinski definition) is 7. The van der Waals surface area contributed by atoms with Crippen LogP contribution in [0.2, 0.25) is 0 Å². The molecule has 0 aliphatic carbocycles. The van der Waals surface area contributed by atoms with Crippen molar-refractivity contribution in [2.75, 3.05) is 0 Å². The molecule has 10 heteroatoms. The first-order valence-corrected chi connectivity index (χ1v) is 10.9. The van der Waals surface area contributed by atoms with E-state index in [1.54, 1.807) is 12.1 Å². The van der Waals surface area contributed by atoms with Gasteiger partial charge in [-0.05, 0) is 60.1 Å². The van der Waals surface area contributed by atoms with Gasteiger partial charge in [0.1, 0.15) is 18.3 Å². The van der Waals surface area contributed by atoms with Gasteiger partial charge in [0.2, 0.25) is 6.29 Å². The number of ether oxygens (including phenoxy) is 2. The zero-order chi connectivity index (χ0) is 25.2. The second-order valence-corrected chi connectivity index (χ2v) is 8.84. The quantitative estimate of drug-likeness (QED) is 0.272. The molecule has 0 spiro atoms. The minimum atomic E-state index is -1.84. The van der Waals surface area contributed by atoms with Gasteiger partial charge >= 0.3 is 5.97 Å². The van der Waals surface area contributed by atoms with E-state index < -0.39 is 36.7 Å². The molecule has 1 fully saturated rings. The van der Waals surface area contributed by atoms with Crippen molar-refractivity contribution in [3.63, 3.8) is 0 Å². The van der Waals surface area contributed by atoms with Gasteiger partial charge < -0.3 is 45.2 Å². The Kier molecular flexibility index (Phi) is 7.88. The molecule has 0 radical (unpaired) electrons. The lowest BCUT2D eigenvalue weighted by Gasteiger charge is -2.38. The zero-order valence-corrected chi connectivity index (χ0v) is 18.8. The topological polar surface area (TPSA) is 177 Å². The number of phenols is 3. The molecule has 3 rings (SSSR count). The Labute approximate surface area is 196 Å². The third-order valence-electron chi connectivity index (χ3n) is 6.21. The summed E-state index contributed by atoms with van der Waals surface area (Å²) in [5.74, 6) is -1.80. The van der Waals surface area contributed by atoms with Crippen molar-refractivity contribution in [2.45, 2.75) is 57.4 Å². The largest absolute Gasteiger partial charge is 0.504 e. The van der Waals surface area contributed by atoms with E-state index in [-0.39, 0.29) is 34.8 Å². The summed E-state index contributed by atoms with van der Waals surface area (Å²) < 4.78 is 10.5. The normalized spacial score (nSPS) is 26.6. The molecule has 7 atom stereocenters. The highest BCUT2D eigenvalue weighted by Gasteiger charge is 2.48. The van der Waals surface area contributed by atoms with Crippen molar-refractivity contribution in [3.8, 4) is 23.0 Å². The Morgan fingerprint density at radius 3 is 1.94 bits per heavy atom. The minimum Gasteiger partial charge on any atom is -0.504 e. The third kappa shape index (κ3) is 5.71. The fraction of sp³-hybridized carbons (Fsp3) is 0.458. The van der Waals surface area contributed by atoms with Crippen LogP contribution in [0.1, 0.15) is 25.0 Å². The molecule has 1 heterocycles. The van der Waals surface area contributed by atoms with E-state index in [2.05, 4.69) is 13.8 Å². The molecule has 0 amide bonds. The number of carbonyl (C=O) groups is 1. The van der Waals surface area contributed by atoms with Crippen molar-refractivity contribution in [1.82, 2.24) is 0 Å². The summed E-state index contributed by atoms with van der Waals surface area (Å²) in [6, 6.07) is 9.37. The maximum absolute atomic E-state index is 11.2. The maximum Gasteiger partial charge on any atom is 0.335 e. The van der Waals surface area contributed by atoms with Gasteiger partial charge in [0, 0.05) is 0 Å². The molecule has 2 aromatic rings. The average Bonchev–Trinajstić information content (AvgIpc) is 2.77. The summed E-state index contributed by atoms with van der Waals surface area (Å²) in [4.78, 5) is 11.2. The molecule has 1 aliphatic rings. The molecule has 0 bridgehead atoms. The zero-order valence-electron chi connectivity index (χ0n) is 18.8. The highest BCUT2D eigenvalue weighted by Crippen LogP contribution is 2.33. The lowest BCUT2D eigenvalue weighted by molar-refractivity contribution is -0.271. The van der Waals surface area contributed by atoms with E-state index in [4.69, 9.17) is 14.6 Å². The van der Waals surface area contributed by atoms with Crippen LogP contribution in [0.4, 0.5) is 0 Å². The molecule has 1 aliphatic heterocycles. The SMILES string of the molecule is CC(Cc1ccc(O)c(O)c1)C(C)Cc1ccc(OC2OC(C(=O)O)C(O)C(O)C2O)c(O)c1. The van der Waals surface area contributed by atoms with Gasteiger partial charge in [-0.2, -0.15) is 0 Å². The number of benzene rings is 2. The Morgan fingerprint density at radius 1 is 0.853 bits per heavy atom. The van der Waals surface area contributed by atoms with Crippen molar-refractivity contribution in [1.29, 1.82) is 0 Å². The van der Waals surface area contributed by atoms with Gasteiger partial charge in [-0.15, -0.1) is 0 Å². The second kappa shape index (κ2) is 10.5. The fourth-order valence-electron chi connectivity index (χ4n) is 3.91. The standard InChI is InChI=1S/C24H30O10/c1-11(7-13-3-5-15(25)16(26)9-13)12(2)8-14-4-6-18(17(27)10-14)33-24-21(30)19(28)20(29)22(34-24)23(31)32/h3-6,9-12,19-22,24-30H,7-8H2,1-2H3,(H,31,32). The summed E-state index contributed by atoms with van der Waals surface area (Å²) >= 11 is 0. The number of aliphatic hydroxyl groups is 3. The Bertz CT molecular complexity index is 1010. The number of aromatic hydroxyl groups is 3. The van der Waals surface area contributed by atoms with Crippen LogP contribution < -0.4 is 4.74 Å². The van der Waals surface area contributed by atoms with Gasteiger partial charge in [-0.1, -0.05) is 26.0 Å². The van der Waals surface area contributed by atoms with Crippen molar-refractivity contribution >= 4 is 5.97 Å². The first-order chi connectivity index (χ1) is 16.0. The van der Waals surface area contributed by atoms with Crippen LogP contribution in [-0.2, 0) is 22.4 Å². The first-order valence-electron chi connectivity index (χ1n) is 10.9. The number of hydrogen-bond acceptors (Lipinski definition) is 9. The average molecular weight is 478 g/mol. The van der Waals surface area contributed by atoms with Gasteiger partial charge in [0.15, 0.2) is 29.1 Å². The molecular formula is C24H30O10. The molecule has 34 heavy (non-hydrogen) atoms. The van der Waals surface area contributed by atoms with Crippen LogP contribution in [0.5, 0.6) is 23.0 Å². The fourth-order valence-corrected chi connectivity index (χ4v) is 3.91. The summed E-state index contributed by atoms with van der Waals surface area (Å²) in [7, 11) is 0. The maximum atomic E-state index is 11.2. The molecule has 0 saturated carbocycles. The van der Waals surface area contributed by atoms with E-state index in [0.29, 0.717) is 12.8 Å². The smallest absolute Gasteiger partial charge is 0.335 e.